The number of carbonyl (C=O) groups is 2. The summed E-state index contributed by atoms with van der Waals surface area (Å²) in [6, 6.07) is -0.898. The molecule has 0 aliphatic heterocycles. The Labute approximate surface area is 564 Å². The summed E-state index contributed by atoms with van der Waals surface area (Å²) in [5.41, 5.74) is 0. The van der Waals surface area contributed by atoms with E-state index in [1.807, 2.05) is 33.3 Å². The zero-order valence-electron chi connectivity index (χ0n) is 60.5. The lowest BCUT2D eigenvalue weighted by Gasteiger charge is -2.30. The average Bonchev–Trinajstić information content (AvgIpc) is 3.70. The molecule has 3 unspecified atom stereocenters. The number of amides is 1. The van der Waals surface area contributed by atoms with Gasteiger partial charge in [-0.1, -0.05) is 324 Å². The number of nitrogens with zero attached hydrogens (tertiary/aromatic N) is 1. The Morgan fingerprint density at radius 3 is 1.02 bits per heavy atom. The number of ether oxygens (including phenoxy) is 1. The summed E-state index contributed by atoms with van der Waals surface area (Å²) in [5.74, 6) is -0.540. The molecular formula is C81H147N2O7P. The molecule has 0 aromatic rings. The summed E-state index contributed by atoms with van der Waals surface area (Å²) in [4.78, 5) is 40.3. The van der Waals surface area contributed by atoms with Gasteiger partial charge in [0.2, 0.25) is 5.91 Å². The first kappa shape index (κ1) is 87.9. The lowest BCUT2D eigenvalue weighted by atomic mass is 10.0. The van der Waals surface area contributed by atoms with E-state index in [1.165, 1.54) is 218 Å². The third kappa shape index (κ3) is 71.1. The predicted octanol–water partition coefficient (Wildman–Crippen LogP) is 24.4. The Kier molecular flexibility index (Phi) is 67.4. The second-order valence-electron chi connectivity index (χ2n) is 27.1. The molecule has 528 valence electrons. The van der Waals surface area contributed by atoms with Gasteiger partial charge in [0.15, 0.2) is 0 Å². The average molecular weight is 1290 g/mol. The van der Waals surface area contributed by atoms with Crippen molar-refractivity contribution < 1.29 is 37.3 Å². The van der Waals surface area contributed by atoms with Crippen LogP contribution >= 0.6 is 7.82 Å². The third-order valence-corrected chi connectivity index (χ3v) is 18.0. The quantitative estimate of drug-likeness (QED) is 0.0212. The highest BCUT2D eigenvalue weighted by molar-refractivity contribution is 7.45. The molecule has 0 spiro atoms. The molecule has 9 nitrogen and oxygen atoms in total. The molecule has 3 atom stereocenters. The second kappa shape index (κ2) is 69.8. The number of unbranched alkanes of at least 4 members (excludes halogenated alkanes) is 40. The molecule has 1 N–H and O–H groups in total. The molecular weight excluding hydrogens is 1140 g/mol. The number of carbonyl (C=O) groups excluding carboxylic acids is 2. The van der Waals surface area contributed by atoms with Crippen molar-refractivity contribution in [3.8, 4) is 0 Å². The largest absolute Gasteiger partial charge is 0.756 e. The molecule has 0 saturated carbocycles. The number of nitrogens with one attached hydrogen (secondary N) is 1. The number of hydrogen-bond donors (Lipinski definition) is 1. The van der Waals surface area contributed by atoms with Crippen LogP contribution < -0.4 is 10.2 Å². The first-order chi connectivity index (χ1) is 44.4. The number of phosphoric acid groups is 1. The highest BCUT2D eigenvalue weighted by Gasteiger charge is 2.27. The first-order valence-corrected chi connectivity index (χ1v) is 40.0. The summed E-state index contributed by atoms with van der Waals surface area (Å²) >= 11 is 0. The molecule has 0 aliphatic rings. The van der Waals surface area contributed by atoms with Gasteiger partial charge in [0.25, 0.3) is 7.82 Å². The van der Waals surface area contributed by atoms with Gasteiger partial charge in [-0.25, -0.2) is 0 Å². The van der Waals surface area contributed by atoms with Gasteiger partial charge >= 0.3 is 5.97 Å². The minimum Gasteiger partial charge on any atom is -0.756 e. The lowest BCUT2D eigenvalue weighted by molar-refractivity contribution is -0.870. The maximum absolute atomic E-state index is 13.7. The maximum atomic E-state index is 13.7. The fraction of sp³-hybridized carbons (Fsp3) is 0.778. The second-order valence-corrected chi connectivity index (χ2v) is 28.6. The molecule has 0 radical (unpaired) electrons. The van der Waals surface area contributed by atoms with E-state index in [2.05, 4.69) is 111 Å². The molecule has 0 aromatic carbocycles. The fourth-order valence-corrected chi connectivity index (χ4v) is 11.8. The van der Waals surface area contributed by atoms with Crippen LogP contribution in [0.5, 0.6) is 0 Å². The summed E-state index contributed by atoms with van der Waals surface area (Å²) in [6.45, 7) is 6.82. The van der Waals surface area contributed by atoms with Gasteiger partial charge in [-0.05, 0) is 115 Å². The molecule has 1 amide bonds. The van der Waals surface area contributed by atoms with Crippen LogP contribution in [0.15, 0.2) is 97.2 Å². The Morgan fingerprint density at radius 2 is 0.670 bits per heavy atom. The van der Waals surface area contributed by atoms with Crippen LogP contribution in [-0.2, 0) is 27.9 Å². The van der Waals surface area contributed by atoms with Crippen LogP contribution in [0.4, 0.5) is 0 Å². The molecule has 0 heterocycles. The number of quaternary nitrogens is 1. The highest BCUT2D eigenvalue weighted by Crippen LogP contribution is 2.38. The molecule has 0 aromatic heterocycles. The van der Waals surface area contributed by atoms with Gasteiger partial charge in [0.05, 0.1) is 33.8 Å². The van der Waals surface area contributed by atoms with Crippen LogP contribution in [0.25, 0.3) is 0 Å². The minimum atomic E-state index is -4.71. The van der Waals surface area contributed by atoms with Gasteiger partial charge in [-0.3, -0.25) is 14.2 Å². The monoisotopic (exact) mass is 1290 g/mol. The highest BCUT2D eigenvalue weighted by atomic mass is 31.2. The van der Waals surface area contributed by atoms with Crippen LogP contribution in [0.2, 0.25) is 0 Å². The smallest absolute Gasteiger partial charge is 0.306 e. The molecule has 0 fully saturated rings. The van der Waals surface area contributed by atoms with E-state index in [-0.39, 0.29) is 24.9 Å². The molecule has 10 heteroatoms. The van der Waals surface area contributed by atoms with E-state index in [9.17, 15) is 19.0 Å². The zero-order chi connectivity index (χ0) is 66.3. The van der Waals surface area contributed by atoms with Crippen molar-refractivity contribution in [1.29, 1.82) is 0 Å². The van der Waals surface area contributed by atoms with Crippen LogP contribution in [-0.4, -0.2) is 69.4 Å². The van der Waals surface area contributed by atoms with E-state index < -0.39 is 26.6 Å². The standard InChI is InChI=1S/C81H147N2O7P/c1-7-10-13-16-19-22-25-28-30-32-34-36-38-40-41-43-44-46-48-50-52-55-58-61-64-67-70-73-80(84)82-78(77-89-91(86,87)88-76-75-83(4,5)6)79(72-69-66-63-60-57-54-27-24-21-18-15-12-9-3)90-81(85)74-71-68-65-62-59-56-53-51-49-47-45-42-39-37-35-33-31-29-26-23-20-17-14-11-8-2/h19-20,22-23,28-31,34-37,42,45,69,72,78-79H,7-18,21,24-27,32-33,38-41,43-44,46-68,70-71,73-77H2,1-6H3,(H-,82,84,86,87)/b22-19-,23-20-,30-28-,31-29-,36-34-,37-35-,45-42-,72-69+. The SMILES string of the molecule is CCCCC/C=C\C/C=C\C/C=C\C/C=C\CCCCCCCCCCCC(=O)OC(/C=C/CCCCCCCCCCCCC)C(COP(=O)([O-])OCC[N+](C)(C)C)NC(=O)CCCCCCCCCCCCCCCC/C=C\C/C=C\C/C=C\CCCCC. The van der Waals surface area contributed by atoms with E-state index in [0.29, 0.717) is 17.4 Å². The van der Waals surface area contributed by atoms with Crippen LogP contribution in [0.1, 0.15) is 355 Å². The Bertz CT molecular complexity index is 1880. The van der Waals surface area contributed by atoms with E-state index in [4.69, 9.17) is 13.8 Å². The molecule has 91 heavy (non-hydrogen) atoms. The number of esters is 1. The van der Waals surface area contributed by atoms with Gasteiger partial charge < -0.3 is 28.5 Å². The van der Waals surface area contributed by atoms with Crippen molar-refractivity contribution in [2.45, 2.75) is 367 Å². The first-order valence-electron chi connectivity index (χ1n) is 38.5. The van der Waals surface area contributed by atoms with Crippen molar-refractivity contribution in [2.24, 2.45) is 0 Å². The van der Waals surface area contributed by atoms with E-state index in [1.54, 1.807) is 0 Å². The Hall–Kier alpha value is -3.07. The Balaban J connectivity index is 5.03. The van der Waals surface area contributed by atoms with Gasteiger partial charge in [-0.2, -0.15) is 0 Å². The van der Waals surface area contributed by atoms with Gasteiger partial charge in [0, 0.05) is 12.8 Å². The number of allylic oxidation sites excluding steroid dienone is 15. The fourth-order valence-electron chi connectivity index (χ4n) is 11.0. The summed E-state index contributed by atoms with van der Waals surface area (Å²) in [7, 11) is 1.18. The lowest BCUT2D eigenvalue weighted by Crippen LogP contribution is -2.47. The number of rotatable bonds is 70. The van der Waals surface area contributed by atoms with Gasteiger partial charge in [-0.15, -0.1) is 0 Å². The van der Waals surface area contributed by atoms with Gasteiger partial charge in [0.1, 0.15) is 19.3 Å². The Morgan fingerprint density at radius 1 is 0.385 bits per heavy atom. The maximum Gasteiger partial charge on any atom is 0.306 e. The number of phosphoric ester groups is 1. The minimum absolute atomic E-state index is 0.0261. The topological polar surface area (TPSA) is 114 Å². The third-order valence-electron chi connectivity index (χ3n) is 17.0. The van der Waals surface area contributed by atoms with Crippen molar-refractivity contribution >= 4 is 19.7 Å². The number of likely N-dealkylation sites (N-methyl/N-ethyl adjacent to an activating group) is 1. The van der Waals surface area contributed by atoms with E-state index >= 15 is 0 Å². The molecule has 0 rings (SSSR count). The zero-order valence-corrected chi connectivity index (χ0v) is 61.4. The summed E-state index contributed by atoms with van der Waals surface area (Å²) in [5, 5.41) is 3.05. The van der Waals surface area contributed by atoms with Crippen LogP contribution in [0.3, 0.4) is 0 Å². The molecule has 0 saturated heterocycles. The summed E-state index contributed by atoms with van der Waals surface area (Å²) in [6.07, 6.45) is 95.3. The number of hydrogen-bond acceptors (Lipinski definition) is 7. The van der Waals surface area contributed by atoms with E-state index in [0.717, 1.165) is 103 Å². The van der Waals surface area contributed by atoms with Crippen molar-refractivity contribution in [2.75, 3.05) is 40.9 Å². The van der Waals surface area contributed by atoms with Crippen molar-refractivity contribution in [1.82, 2.24) is 5.32 Å². The van der Waals surface area contributed by atoms with Crippen molar-refractivity contribution in [3.63, 3.8) is 0 Å². The predicted molar refractivity (Wildman–Crippen MR) is 394 cm³/mol. The normalized spacial score (nSPS) is 14.0. The molecule has 0 bridgehead atoms. The molecule has 0 aliphatic carbocycles. The summed E-state index contributed by atoms with van der Waals surface area (Å²) < 4.78 is 30.5. The van der Waals surface area contributed by atoms with Crippen LogP contribution in [0, 0.1) is 0 Å². The van der Waals surface area contributed by atoms with Crippen molar-refractivity contribution in [3.05, 3.63) is 97.2 Å².